The number of hydrogen-bond acceptors (Lipinski definition) is 5. The van der Waals surface area contributed by atoms with Gasteiger partial charge in [0.05, 0.1) is 0 Å². The lowest BCUT2D eigenvalue weighted by molar-refractivity contribution is -0.580. The van der Waals surface area contributed by atoms with Crippen LogP contribution in [0.2, 0.25) is 0 Å². The van der Waals surface area contributed by atoms with Gasteiger partial charge in [0, 0.05) is 13.1 Å². The lowest BCUT2D eigenvalue weighted by atomic mass is 10.1. The SMILES string of the molecule is O=C(N(Cc1ccccc1)Cc1ccccc1)C(F)(OC(F)(F)C(F)(F)OC(F)(F)C(F)(F)OC(F)(F)C(F)(F)OC(F)(F)F)C(F)(F)F. The maximum absolute atomic E-state index is 15.3. The highest BCUT2D eigenvalue weighted by atomic mass is 19.4. The fourth-order valence-corrected chi connectivity index (χ4v) is 3.23. The van der Waals surface area contributed by atoms with Crippen LogP contribution < -0.4 is 0 Å². The van der Waals surface area contributed by atoms with Gasteiger partial charge in [-0.2, -0.15) is 70.2 Å². The number of rotatable bonds is 15. The highest BCUT2D eigenvalue weighted by Gasteiger charge is 2.79. The average molecular weight is 757 g/mol. The van der Waals surface area contributed by atoms with Crippen molar-refractivity contribution in [3.05, 3.63) is 71.8 Å². The summed E-state index contributed by atoms with van der Waals surface area (Å²) in [5.74, 6) is -9.97. The van der Waals surface area contributed by atoms with Crippen LogP contribution in [0, 0.1) is 0 Å². The van der Waals surface area contributed by atoms with Gasteiger partial charge in [0.1, 0.15) is 0 Å². The zero-order chi connectivity index (χ0) is 38.1. The van der Waals surface area contributed by atoms with Crippen LogP contribution >= 0.6 is 0 Å². The first-order valence-corrected chi connectivity index (χ1v) is 12.1. The molecule has 0 saturated carbocycles. The Balaban J connectivity index is 2.47. The third kappa shape index (κ3) is 9.78. The summed E-state index contributed by atoms with van der Waals surface area (Å²) in [4.78, 5) is 12.5. The molecule has 0 saturated heterocycles. The van der Waals surface area contributed by atoms with Crippen LogP contribution in [0.4, 0.5) is 83.4 Å². The lowest BCUT2D eigenvalue weighted by Crippen LogP contribution is -2.63. The van der Waals surface area contributed by atoms with Gasteiger partial charge in [-0.15, -0.1) is 13.2 Å². The molecule has 0 heterocycles. The standard InChI is InChI=1S/C24H14F19NO5/c25-16(17(26,27)28,15(45)44(11-13-7-3-1-4-8-13)12-14-9-5-2-6-10-14)46-18(29,30)19(31,32)47-20(33,34)21(35,36)48-22(37,38)23(39,40)49-24(41,42)43/h1-10H,11-12H2. The number of halogens is 19. The largest absolute Gasteiger partial charge is 0.527 e. The van der Waals surface area contributed by atoms with Crippen LogP contribution in [0.15, 0.2) is 60.7 Å². The van der Waals surface area contributed by atoms with E-state index in [1.54, 1.807) is 4.74 Å². The number of carbonyl (C=O) groups excluding carboxylic acids is 1. The van der Waals surface area contributed by atoms with E-state index in [2.05, 4.69) is 4.74 Å². The molecule has 2 aromatic carbocycles. The van der Waals surface area contributed by atoms with Gasteiger partial charge in [0.25, 0.3) is 5.91 Å². The fraction of sp³-hybridized carbons (Fsp3) is 0.458. The zero-order valence-electron chi connectivity index (χ0n) is 22.9. The summed E-state index contributed by atoms with van der Waals surface area (Å²) in [6.07, 6.45) is -60.0. The first-order valence-electron chi connectivity index (χ1n) is 12.1. The zero-order valence-corrected chi connectivity index (χ0v) is 22.9. The van der Waals surface area contributed by atoms with Crippen molar-refractivity contribution in [3.8, 4) is 0 Å². The van der Waals surface area contributed by atoms with E-state index >= 15 is 4.39 Å². The molecule has 1 atom stereocenters. The summed E-state index contributed by atoms with van der Waals surface area (Å²) in [6.45, 7) is -2.26. The Bertz CT molecular complexity index is 1360. The normalized spacial score (nSPS) is 15.6. The van der Waals surface area contributed by atoms with Gasteiger partial charge in [0.2, 0.25) is 0 Å². The second kappa shape index (κ2) is 13.6. The summed E-state index contributed by atoms with van der Waals surface area (Å²) < 4.78 is 262. The molecular weight excluding hydrogens is 743 g/mol. The number of alkyl halides is 19. The Kier molecular flexibility index (Phi) is 11.6. The molecule has 0 fully saturated rings. The Morgan fingerprint density at radius 1 is 0.449 bits per heavy atom. The minimum absolute atomic E-state index is 0.165. The van der Waals surface area contributed by atoms with E-state index in [9.17, 15) is 83.8 Å². The number of nitrogens with zero attached hydrogens (tertiary/aromatic N) is 1. The maximum Gasteiger partial charge on any atom is 0.527 e. The molecule has 25 heteroatoms. The van der Waals surface area contributed by atoms with Crippen LogP contribution in [0.25, 0.3) is 0 Å². The van der Waals surface area contributed by atoms with E-state index in [0.717, 1.165) is 24.3 Å². The predicted molar refractivity (Wildman–Crippen MR) is 117 cm³/mol. The number of amides is 1. The van der Waals surface area contributed by atoms with Gasteiger partial charge in [0.15, 0.2) is 0 Å². The van der Waals surface area contributed by atoms with Gasteiger partial charge < -0.3 is 4.90 Å². The maximum atomic E-state index is 15.3. The van der Waals surface area contributed by atoms with Crippen molar-refractivity contribution in [2.45, 2.75) is 68.1 Å². The minimum atomic E-state index is -7.84. The van der Waals surface area contributed by atoms with Gasteiger partial charge in [-0.25, -0.2) is 14.2 Å². The molecule has 6 nitrogen and oxygen atoms in total. The number of hydrogen-bond donors (Lipinski definition) is 0. The van der Waals surface area contributed by atoms with E-state index in [4.69, 9.17) is 0 Å². The van der Waals surface area contributed by atoms with Crippen molar-refractivity contribution in [3.63, 3.8) is 0 Å². The summed E-state index contributed by atoms with van der Waals surface area (Å²) in [6, 6.07) is 11.8. The molecule has 0 radical (unpaired) electrons. The topological polar surface area (TPSA) is 57.2 Å². The van der Waals surface area contributed by atoms with Crippen molar-refractivity contribution in [1.29, 1.82) is 0 Å². The highest BCUT2D eigenvalue weighted by molar-refractivity contribution is 5.84. The molecule has 2 rings (SSSR count). The van der Waals surface area contributed by atoms with Crippen molar-refractivity contribution < 1.29 is 107 Å². The summed E-state index contributed by atoms with van der Waals surface area (Å²) in [5, 5.41) is 0. The molecule has 0 N–H and O–H groups in total. The summed E-state index contributed by atoms with van der Waals surface area (Å²) in [7, 11) is 0. The van der Waals surface area contributed by atoms with E-state index < -0.39 is 74.0 Å². The molecule has 1 amide bonds. The molecule has 2 aromatic rings. The molecule has 278 valence electrons. The second-order valence-corrected chi connectivity index (χ2v) is 9.18. The number of ether oxygens (including phenoxy) is 4. The monoisotopic (exact) mass is 757 g/mol. The molecule has 0 aromatic heterocycles. The highest BCUT2D eigenvalue weighted by Crippen LogP contribution is 2.52. The van der Waals surface area contributed by atoms with Crippen LogP contribution in [-0.2, 0) is 36.8 Å². The third-order valence-corrected chi connectivity index (χ3v) is 5.40. The van der Waals surface area contributed by atoms with E-state index in [1.807, 2.05) is 0 Å². The molecule has 0 aliphatic heterocycles. The third-order valence-electron chi connectivity index (χ3n) is 5.40. The van der Waals surface area contributed by atoms with Gasteiger partial charge in [-0.05, 0) is 11.1 Å². The molecule has 0 spiro atoms. The quantitative estimate of drug-likeness (QED) is 0.171. The van der Waals surface area contributed by atoms with Crippen molar-refractivity contribution >= 4 is 5.91 Å². The lowest BCUT2D eigenvalue weighted by Gasteiger charge is -2.37. The van der Waals surface area contributed by atoms with Crippen molar-refractivity contribution in [2.24, 2.45) is 0 Å². The average Bonchev–Trinajstić information content (AvgIpc) is 2.90. The number of carbonyl (C=O) groups is 1. The Morgan fingerprint density at radius 3 is 1.02 bits per heavy atom. The van der Waals surface area contributed by atoms with Crippen molar-refractivity contribution in [2.75, 3.05) is 0 Å². The van der Waals surface area contributed by atoms with Gasteiger partial charge in [-0.3, -0.25) is 9.53 Å². The molecule has 0 aliphatic rings. The van der Waals surface area contributed by atoms with E-state index in [0.29, 0.717) is 0 Å². The van der Waals surface area contributed by atoms with Crippen LogP contribution in [0.5, 0.6) is 0 Å². The first-order chi connectivity index (χ1) is 21.8. The Labute approximate surface area is 258 Å². The first kappa shape index (κ1) is 41.6. The molecule has 1 unspecified atom stereocenters. The van der Waals surface area contributed by atoms with E-state index in [1.165, 1.54) is 45.9 Å². The molecule has 0 aliphatic carbocycles. The van der Waals surface area contributed by atoms with Gasteiger partial charge in [-0.1, -0.05) is 60.7 Å². The van der Waals surface area contributed by atoms with Crippen LogP contribution in [-0.4, -0.2) is 65.9 Å². The minimum Gasteiger partial charge on any atom is -0.329 e. The Morgan fingerprint density at radius 2 is 0.735 bits per heavy atom. The molecule has 0 bridgehead atoms. The smallest absolute Gasteiger partial charge is 0.329 e. The molecular formula is C24H14F19NO5. The van der Waals surface area contributed by atoms with Gasteiger partial charge >= 0.3 is 55.0 Å². The van der Waals surface area contributed by atoms with Crippen molar-refractivity contribution in [1.82, 2.24) is 4.90 Å². The van der Waals surface area contributed by atoms with Crippen LogP contribution in [0.3, 0.4) is 0 Å². The summed E-state index contributed by atoms with van der Waals surface area (Å²) in [5.41, 5.74) is -0.330. The summed E-state index contributed by atoms with van der Waals surface area (Å²) >= 11 is 0. The van der Waals surface area contributed by atoms with E-state index in [-0.39, 0.29) is 16.0 Å². The number of benzene rings is 2. The molecule has 49 heavy (non-hydrogen) atoms. The predicted octanol–water partition coefficient (Wildman–Crippen LogP) is 8.59. The Hall–Kier alpha value is -3.58. The van der Waals surface area contributed by atoms with Crippen LogP contribution in [0.1, 0.15) is 11.1 Å². The fourth-order valence-electron chi connectivity index (χ4n) is 3.23. The second-order valence-electron chi connectivity index (χ2n) is 9.18.